The van der Waals surface area contributed by atoms with Gasteiger partial charge in [0.1, 0.15) is 6.26 Å². The van der Waals surface area contributed by atoms with Crippen LogP contribution >= 0.6 is 0 Å². The minimum atomic E-state index is -3.46. The van der Waals surface area contributed by atoms with Crippen LogP contribution in [0.3, 0.4) is 0 Å². The third-order valence-electron chi connectivity index (χ3n) is 3.85. The lowest BCUT2D eigenvalue weighted by atomic mass is 10.1. The molecule has 1 saturated heterocycles. The van der Waals surface area contributed by atoms with Crippen molar-refractivity contribution in [2.24, 2.45) is 0 Å². The number of aryl methyl sites for hydroxylation is 1. The summed E-state index contributed by atoms with van der Waals surface area (Å²) in [7, 11) is -3.46. The van der Waals surface area contributed by atoms with Crippen molar-refractivity contribution in [1.82, 2.24) is 4.98 Å². The Bertz CT molecular complexity index is 750. The van der Waals surface area contributed by atoms with E-state index in [9.17, 15) is 8.42 Å². The molecule has 7 heteroatoms. The van der Waals surface area contributed by atoms with Crippen LogP contribution in [0.5, 0.6) is 0 Å². The van der Waals surface area contributed by atoms with Crippen LogP contribution in [0.2, 0.25) is 0 Å². The van der Waals surface area contributed by atoms with Crippen LogP contribution in [0.25, 0.3) is 11.5 Å². The normalized spacial score (nSPS) is 18.7. The van der Waals surface area contributed by atoms with Crippen LogP contribution in [0, 0.1) is 6.92 Å². The molecule has 0 saturated carbocycles. The van der Waals surface area contributed by atoms with Gasteiger partial charge < -0.3 is 9.15 Å². The van der Waals surface area contributed by atoms with Gasteiger partial charge in [0.05, 0.1) is 18.1 Å². The number of rotatable bonds is 5. The smallest absolute Gasteiger partial charge is 0.235 e. The molecular weight excluding hydrogens is 316 g/mol. The van der Waals surface area contributed by atoms with Gasteiger partial charge in [-0.25, -0.2) is 13.4 Å². The Kier molecular flexibility index (Phi) is 4.68. The Morgan fingerprint density at radius 2 is 2.22 bits per heavy atom. The number of nitrogens with one attached hydrogen (secondary N) is 1. The zero-order valence-electron chi connectivity index (χ0n) is 13.0. The van der Waals surface area contributed by atoms with E-state index in [2.05, 4.69) is 9.71 Å². The summed E-state index contributed by atoms with van der Waals surface area (Å²) in [5, 5.41) is 0. The average molecular weight is 336 g/mol. The summed E-state index contributed by atoms with van der Waals surface area (Å²) >= 11 is 0. The summed E-state index contributed by atoms with van der Waals surface area (Å²) < 4.78 is 38.1. The van der Waals surface area contributed by atoms with Gasteiger partial charge in [-0.3, -0.25) is 4.72 Å². The van der Waals surface area contributed by atoms with Gasteiger partial charge >= 0.3 is 0 Å². The fourth-order valence-corrected chi connectivity index (χ4v) is 4.00. The molecule has 1 fully saturated rings. The molecule has 1 aromatic carbocycles. The van der Waals surface area contributed by atoms with Crippen molar-refractivity contribution in [3.63, 3.8) is 0 Å². The average Bonchev–Trinajstić information content (AvgIpc) is 3.03. The Morgan fingerprint density at radius 3 is 2.91 bits per heavy atom. The van der Waals surface area contributed by atoms with Crippen molar-refractivity contribution in [1.29, 1.82) is 0 Å². The van der Waals surface area contributed by atoms with Crippen LogP contribution in [0.4, 0.5) is 5.69 Å². The summed E-state index contributed by atoms with van der Waals surface area (Å²) in [4.78, 5) is 4.11. The third kappa shape index (κ3) is 4.11. The van der Waals surface area contributed by atoms with E-state index in [1.54, 1.807) is 18.3 Å². The minimum absolute atomic E-state index is 0.0186. The van der Waals surface area contributed by atoms with E-state index in [4.69, 9.17) is 9.15 Å². The molecule has 2 heterocycles. The first-order valence-corrected chi connectivity index (χ1v) is 9.31. The number of sulfonamides is 1. The molecule has 1 atom stereocenters. The quantitative estimate of drug-likeness (QED) is 0.908. The first kappa shape index (κ1) is 16.0. The van der Waals surface area contributed by atoms with Crippen molar-refractivity contribution in [3.05, 3.63) is 36.2 Å². The van der Waals surface area contributed by atoms with E-state index in [1.165, 1.54) is 6.26 Å². The lowest BCUT2D eigenvalue weighted by Crippen LogP contribution is -2.30. The lowest BCUT2D eigenvalue weighted by molar-refractivity contribution is 0.0306. The van der Waals surface area contributed by atoms with Gasteiger partial charge in [0, 0.05) is 17.9 Å². The summed E-state index contributed by atoms with van der Waals surface area (Å²) in [5.74, 6) is 0.453. The maximum Gasteiger partial charge on any atom is 0.235 e. The molecule has 0 radical (unpaired) electrons. The Hall–Kier alpha value is -1.86. The lowest BCUT2D eigenvalue weighted by Gasteiger charge is -2.22. The fourth-order valence-electron chi connectivity index (χ4n) is 2.68. The predicted molar refractivity (Wildman–Crippen MR) is 87.7 cm³/mol. The first-order valence-electron chi connectivity index (χ1n) is 7.66. The van der Waals surface area contributed by atoms with Crippen molar-refractivity contribution < 1.29 is 17.6 Å². The highest BCUT2D eigenvalue weighted by Gasteiger charge is 2.22. The first-order chi connectivity index (χ1) is 11.0. The minimum Gasteiger partial charge on any atom is -0.445 e. The molecule has 23 heavy (non-hydrogen) atoms. The van der Waals surface area contributed by atoms with E-state index >= 15 is 0 Å². The molecule has 6 nitrogen and oxygen atoms in total. The van der Waals surface area contributed by atoms with Crippen molar-refractivity contribution >= 4 is 15.7 Å². The van der Waals surface area contributed by atoms with E-state index in [1.807, 2.05) is 13.0 Å². The highest BCUT2D eigenvalue weighted by molar-refractivity contribution is 7.92. The van der Waals surface area contributed by atoms with E-state index in [-0.39, 0.29) is 11.9 Å². The van der Waals surface area contributed by atoms with Crippen LogP contribution in [0.1, 0.15) is 24.8 Å². The Balaban J connectivity index is 1.75. The second kappa shape index (κ2) is 6.72. The summed E-state index contributed by atoms with van der Waals surface area (Å²) in [5.41, 5.74) is 2.23. The number of oxazole rings is 1. The molecular formula is C16H20N2O4S. The number of hydrogen-bond donors (Lipinski definition) is 1. The van der Waals surface area contributed by atoms with E-state index in [0.29, 0.717) is 18.2 Å². The topological polar surface area (TPSA) is 81.4 Å². The second-order valence-corrected chi connectivity index (χ2v) is 7.51. The van der Waals surface area contributed by atoms with Gasteiger partial charge in [-0.05, 0) is 43.9 Å². The summed E-state index contributed by atoms with van der Waals surface area (Å²) in [6.45, 7) is 2.56. The zero-order chi connectivity index (χ0) is 16.3. The molecule has 0 unspecified atom stereocenters. The van der Waals surface area contributed by atoms with Gasteiger partial charge in [-0.15, -0.1) is 0 Å². The number of aromatic nitrogens is 1. The van der Waals surface area contributed by atoms with Gasteiger partial charge in [-0.2, -0.15) is 0 Å². The number of nitrogens with zero attached hydrogens (tertiary/aromatic N) is 1. The van der Waals surface area contributed by atoms with Crippen LogP contribution in [-0.4, -0.2) is 31.9 Å². The zero-order valence-corrected chi connectivity index (χ0v) is 13.8. The molecule has 0 spiro atoms. The molecule has 2 aromatic rings. The maximum absolute atomic E-state index is 12.3. The maximum atomic E-state index is 12.3. The molecule has 0 aliphatic carbocycles. The van der Waals surface area contributed by atoms with Gasteiger partial charge in [0.25, 0.3) is 0 Å². The highest BCUT2D eigenvalue weighted by Crippen LogP contribution is 2.26. The van der Waals surface area contributed by atoms with Gasteiger partial charge in [0.15, 0.2) is 0 Å². The molecule has 0 amide bonds. The van der Waals surface area contributed by atoms with Gasteiger partial charge in [0.2, 0.25) is 15.9 Å². The summed E-state index contributed by atoms with van der Waals surface area (Å²) in [6, 6.07) is 5.32. The van der Waals surface area contributed by atoms with E-state index in [0.717, 1.165) is 30.4 Å². The third-order valence-corrected chi connectivity index (χ3v) is 5.21. The Labute approximate surface area is 135 Å². The predicted octanol–water partition coefficient (Wildman–Crippen LogP) is 2.96. The molecule has 124 valence electrons. The molecule has 1 aromatic heterocycles. The monoisotopic (exact) mass is 336 g/mol. The second-order valence-electron chi connectivity index (χ2n) is 5.74. The fraction of sp³-hybridized carbons (Fsp3) is 0.438. The number of ether oxygens (including phenoxy) is 1. The molecule has 1 N–H and O–H groups in total. The van der Waals surface area contributed by atoms with Crippen molar-refractivity contribution in [2.45, 2.75) is 32.3 Å². The SMILES string of the molecule is Cc1ccc(NS(=O)(=O)C[C@H]2CCCCO2)cc1-c1ncco1. The van der Waals surface area contributed by atoms with Crippen molar-refractivity contribution in [2.75, 3.05) is 17.1 Å². The van der Waals surface area contributed by atoms with Crippen LogP contribution < -0.4 is 4.72 Å². The largest absolute Gasteiger partial charge is 0.445 e. The van der Waals surface area contributed by atoms with Crippen molar-refractivity contribution in [3.8, 4) is 11.5 Å². The van der Waals surface area contributed by atoms with Crippen LogP contribution in [-0.2, 0) is 14.8 Å². The van der Waals surface area contributed by atoms with E-state index < -0.39 is 10.0 Å². The summed E-state index contributed by atoms with van der Waals surface area (Å²) in [6.07, 6.45) is 5.63. The van der Waals surface area contributed by atoms with Crippen LogP contribution in [0.15, 0.2) is 35.1 Å². The highest BCUT2D eigenvalue weighted by atomic mass is 32.2. The number of benzene rings is 1. The number of hydrogen-bond acceptors (Lipinski definition) is 5. The Morgan fingerprint density at radius 1 is 1.35 bits per heavy atom. The molecule has 0 bridgehead atoms. The standard InChI is InChI=1S/C16H20N2O4S/c1-12-5-6-13(10-15(12)16-17-7-9-22-16)18-23(19,20)11-14-4-2-3-8-21-14/h5-7,9-10,14,18H,2-4,8,11H2,1H3/t14-/m1/s1. The molecule has 3 rings (SSSR count). The molecule has 1 aliphatic rings. The molecule has 1 aliphatic heterocycles. The van der Waals surface area contributed by atoms with Gasteiger partial charge in [-0.1, -0.05) is 6.07 Å². The number of anilines is 1.